The maximum absolute atomic E-state index is 14.3. The molecule has 0 radical (unpaired) electrons. The molecule has 2 aliphatic rings. The van der Waals surface area contributed by atoms with Crippen molar-refractivity contribution in [3.8, 4) is 5.75 Å². The summed E-state index contributed by atoms with van der Waals surface area (Å²) in [5.41, 5.74) is 33.2. The van der Waals surface area contributed by atoms with E-state index in [0.29, 0.717) is 18.4 Å². The number of primary amides is 1. The molecule has 2 fully saturated rings. The molecular weight excluding hydrogens is 945 g/mol. The Morgan fingerprint density at radius 2 is 1.18 bits per heavy atom. The molecule has 72 heavy (non-hydrogen) atoms. The number of nitrogens with two attached hydrogens (primary N) is 6. The molecule has 28 heteroatoms. The molecule has 2 saturated heterocycles. The first-order chi connectivity index (χ1) is 34.0. The van der Waals surface area contributed by atoms with Crippen LogP contribution in [0.5, 0.6) is 5.75 Å². The summed E-state index contributed by atoms with van der Waals surface area (Å²) in [6.07, 6.45) is 0.611. The van der Waals surface area contributed by atoms with E-state index in [1.165, 1.54) is 34.1 Å². The fourth-order valence-corrected chi connectivity index (χ4v) is 8.11. The summed E-state index contributed by atoms with van der Waals surface area (Å²) in [5, 5.41) is 34.4. The van der Waals surface area contributed by atoms with E-state index in [-0.39, 0.29) is 88.8 Å². The number of nitrogens with zero attached hydrogens (tertiary/aromatic N) is 4. The number of guanidine groups is 2. The van der Waals surface area contributed by atoms with Crippen LogP contribution in [0, 0.1) is 5.92 Å². The van der Waals surface area contributed by atoms with E-state index in [2.05, 4.69) is 41.9 Å². The highest BCUT2D eigenvalue weighted by atomic mass is 16.4. The van der Waals surface area contributed by atoms with Gasteiger partial charge in [0.05, 0.1) is 19.5 Å². The summed E-state index contributed by atoms with van der Waals surface area (Å²) in [6, 6.07) is -3.23. The van der Waals surface area contributed by atoms with Crippen molar-refractivity contribution in [2.24, 2.45) is 50.3 Å². The Morgan fingerprint density at radius 3 is 1.67 bits per heavy atom. The molecule has 0 aliphatic carbocycles. The van der Waals surface area contributed by atoms with Crippen molar-refractivity contribution >= 4 is 71.1 Å². The van der Waals surface area contributed by atoms with Gasteiger partial charge in [-0.05, 0) is 75.0 Å². The number of rotatable bonds is 28. The number of aromatic hydroxyl groups is 1. The Balaban J connectivity index is 1.74. The highest BCUT2D eigenvalue weighted by molar-refractivity contribution is 5.99. The van der Waals surface area contributed by atoms with Crippen molar-refractivity contribution in [1.29, 1.82) is 0 Å². The number of aliphatic imine (C=N–C) groups is 2. The minimum Gasteiger partial charge on any atom is -0.508 e. The molecule has 1 aromatic rings. The highest BCUT2D eigenvalue weighted by Crippen LogP contribution is 2.22. The minimum absolute atomic E-state index is 0.0273. The van der Waals surface area contributed by atoms with Crippen molar-refractivity contribution in [1.82, 2.24) is 41.7 Å². The number of carboxylic acids is 1. The third kappa shape index (κ3) is 18.9. The highest BCUT2D eigenvalue weighted by Gasteiger charge is 2.41. The third-order valence-electron chi connectivity index (χ3n) is 11.7. The second kappa shape index (κ2) is 28.8. The number of carbonyl (C=O) groups excluding carboxylic acids is 9. The predicted octanol–water partition coefficient (Wildman–Crippen LogP) is -5.86. The van der Waals surface area contributed by atoms with E-state index in [9.17, 15) is 58.2 Å². The number of phenols is 1. The molecule has 9 amide bonds. The predicted molar refractivity (Wildman–Crippen MR) is 259 cm³/mol. The van der Waals surface area contributed by atoms with Crippen LogP contribution in [0.25, 0.3) is 0 Å². The molecule has 398 valence electrons. The maximum atomic E-state index is 14.3. The van der Waals surface area contributed by atoms with Gasteiger partial charge in [-0.3, -0.25) is 53.1 Å². The van der Waals surface area contributed by atoms with E-state index in [1.807, 2.05) is 0 Å². The molecule has 0 unspecified atom stereocenters. The Hall–Kier alpha value is -7.78. The summed E-state index contributed by atoms with van der Waals surface area (Å²) in [4.78, 5) is 143. The van der Waals surface area contributed by atoms with Gasteiger partial charge in [-0.25, -0.2) is 4.79 Å². The normalized spacial score (nSPS) is 17.2. The molecule has 0 bridgehead atoms. The fourth-order valence-electron chi connectivity index (χ4n) is 8.11. The number of nitrogens with one attached hydrogen (secondary N) is 6. The van der Waals surface area contributed by atoms with Gasteiger partial charge in [0.25, 0.3) is 0 Å². The van der Waals surface area contributed by atoms with Crippen molar-refractivity contribution < 1.29 is 58.2 Å². The zero-order valence-electron chi connectivity index (χ0n) is 40.5. The zero-order valence-corrected chi connectivity index (χ0v) is 40.5. The van der Waals surface area contributed by atoms with Gasteiger partial charge in [0, 0.05) is 32.6 Å². The fraction of sp³-hybridized carbons (Fsp3) is 0.591. The van der Waals surface area contributed by atoms with E-state index < -0.39 is 127 Å². The Kier molecular flexibility index (Phi) is 23.4. The van der Waals surface area contributed by atoms with Crippen molar-refractivity contribution in [3.63, 3.8) is 0 Å². The monoisotopic (exact) mass is 1010 g/mol. The molecule has 7 atom stereocenters. The van der Waals surface area contributed by atoms with Crippen LogP contribution in [0.2, 0.25) is 0 Å². The lowest BCUT2D eigenvalue weighted by Gasteiger charge is -2.31. The molecule has 3 rings (SSSR count). The number of benzene rings is 1. The van der Waals surface area contributed by atoms with Gasteiger partial charge >= 0.3 is 5.97 Å². The lowest BCUT2D eigenvalue weighted by atomic mass is 10.0. The molecule has 0 saturated carbocycles. The van der Waals surface area contributed by atoms with Crippen LogP contribution in [-0.2, 0) is 54.4 Å². The summed E-state index contributed by atoms with van der Waals surface area (Å²) in [6.45, 7) is 2.54. The second-order valence-electron chi connectivity index (χ2n) is 17.7. The number of phenolic OH excluding ortho intramolecular Hbond substituents is 1. The zero-order chi connectivity index (χ0) is 53.7. The van der Waals surface area contributed by atoms with Gasteiger partial charge < -0.3 is 86.3 Å². The van der Waals surface area contributed by atoms with Crippen molar-refractivity contribution in [2.45, 2.75) is 120 Å². The maximum Gasteiger partial charge on any atom is 0.326 e. The number of hydrogen-bond acceptors (Lipinski definition) is 14. The number of carbonyl (C=O) groups is 10. The van der Waals surface area contributed by atoms with Crippen LogP contribution in [0.4, 0.5) is 0 Å². The van der Waals surface area contributed by atoms with Gasteiger partial charge in [-0.15, -0.1) is 0 Å². The Morgan fingerprint density at radius 1 is 0.667 bits per heavy atom. The first-order valence-electron chi connectivity index (χ1n) is 23.5. The van der Waals surface area contributed by atoms with E-state index >= 15 is 0 Å². The van der Waals surface area contributed by atoms with E-state index in [0.717, 1.165) is 0 Å². The van der Waals surface area contributed by atoms with Crippen LogP contribution in [0.3, 0.4) is 0 Å². The standard InChI is InChI=1S/C44H70N16O12/c1-23(2)35(39(68)57-29(42(71)72)19-24-11-13-25(61)14-12-24)58-34(64)22-53-37(66)30-9-5-17-59(30)41(70)27(8-4-16-52-44(49)50)55-36(65)28(20-32(46)62)56-38(67)31-10-6-18-60(31)40(69)26(54-33(63)21-45)7-3-15-51-43(47)48/h11-14,23,26-31,35,61H,3-10,15-22,45H2,1-2H3,(H2,46,62)(H,53,66)(H,54,63)(H,55,65)(H,56,67)(H,57,68)(H,58,64)(H,71,72)(H4,47,48,51)(H4,49,50,52)/t26-,27-,28-,29-,30-,31-,35-/m0/s1. The first-order valence-corrected chi connectivity index (χ1v) is 23.5. The number of aliphatic carboxylic acids is 1. The average molecular weight is 1020 g/mol. The molecule has 1 aromatic carbocycles. The summed E-state index contributed by atoms with van der Waals surface area (Å²) >= 11 is 0. The van der Waals surface area contributed by atoms with Gasteiger partial charge in [-0.2, -0.15) is 0 Å². The van der Waals surface area contributed by atoms with Crippen LogP contribution < -0.4 is 66.3 Å². The van der Waals surface area contributed by atoms with Crippen molar-refractivity contribution in [2.75, 3.05) is 39.3 Å². The third-order valence-corrected chi connectivity index (χ3v) is 11.7. The molecule has 2 aliphatic heterocycles. The molecule has 0 spiro atoms. The van der Waals surface area contributed by atoms with Crippen molar-refractivity contribution in [3.05, 3.63) is 29.8 Å². The van der Waals surface area contributed by atoms with E-state index in [1.54, 1.807) is 13.8 Å². The van der Waals surface area contributed by atoms with Crippen LogP contribution in [0.15, 0.2) is 34.3 Å². The smallest absolute Gasteiger partial charge is 0.326 e. The number of carboxylic acid groups (broad SMARTS) is 1. The topological polar surface area (TPSA) is 471 Å². The van der Waals surface area contributed by atoms with E-state index in [4.69, 9.17) is 34.4 Å². The quantitative estimate of drug-likeness (QED) is 0.0211. The molecule has 28 nitrogen and oxygen atoms in total. The van der Waals surface area contributed by atoms with Crippen LogP contribution in [0.1, 0.15) is 77.2 Å². The first kappa shape index (κ1) is 58.5. The lowest BCUT2D eigenvalue weighted by molar-refractivity contribution is -0.143. The largest absolute Gasteiger partial charge is 0.508 e. The average Bonchev–Trinajstić information content (AvgIpc) is 4.03. The molecule has 20 N–H and O–H groups in total. The Bertz CT molecular complexity index is 2170. The number of likely N-dealkylation sites (tertiary alicyclic amines) is 2. The molecule has 2 heterocycles. The number of hydrogen-bond donors (Lipinski definition) is 14. The summed E-state index contributed by atoms with van der Waals surface area (Å²) in [5.74, 6) is -9.39. The van der Waals surface area contributed by atoms with Gasteiger partial charge in [0.1, 0.15) is 48.0 Å². The lowest BCUT2D eigenvalue weighted by Crippen LogP contribution is -2.59. The Labute approximate surface area is 415 Å². The van der Waals surface area contributed by atoms with Gasteiger partial charge in [0.15, 0.2) is 11.9 Å². The van der Waals surface area contributed by atoms with Gasteiger partial charge in [-0.1, -0.05) is 26.0 Å². The molecule has 0 aromatic heterocycles. The van der Waals surface area contributed by atoms with Crippen LogP contribution >= 0.6 is 0 Å². The molecular formula is C44H70N16O12. The SMILES string of the molecule is CC(C)[C@H](NC(=O)CNC(=O)[C@@H]1CCCN1C(=O)[C@H](CCCN=C(N)N)NC(=O)[C@H](CC(N)=O)NC(=O)[C@@H]1CCCN1C(=O)[C@H](CCCN=C(N)N)NC(=O)CN)C(=O)N[C@@H](Cc1ccc(O)cc1)C(=O)O. The van der Waals surface area contributed by atoms with Crippen LogP contribution in [-0.4, -0.2) is 173 Å². The second-order valence-corrected chi connectivity index (χ2v) is 17.7. The summed E-state index contributed by atoms with van der Waals surface area (Å²) < 4.78 is 0. The minimum atomic E-state index is -1.64. The summed E-state index contributed by atoms with van der Waals surface area (Å²) in [7, 11) is 0. The number of amides is 9. The van der Waals surface area contributed by atoms with Gasteiger partial charge in [0.2, 0.25) is 53.2 Å².